The normalized spacial score (nSPS) is 18.9. The molecule has 0 aromatic heterocycles. The van der Waals surface area contributed by atoms with Crippen molar-refractivity contribution in [2.75, 3.05) is 26.4 Å². The third kappa shape index (κ3) is 3.25. The summed E-state index contributed by atoms with van der Waals surface area (Å²) in [5, 5.41) is 36.2. The largest absolute Gasteiger partial charge is 0.396 e. The molecule has 4 N–H and O–H groups in total. The summed E-state index contributed by atoms with van der Waals surface area (Å²) in [6, 6.07) is 0. The molecule has 0 fully saturated rings. The van der Waals surface area contributed by atoms with E-state index in [-0.39, 0.29) is 45.1 Å². The van der Waals surface area contributed by atoms with Crippen molar-refractivity contribution in [2.24, 2.45) is 10.8 Å². The molecule has 0 aromatic carbocycles. The number of aliphatic hydroxyl groups is 4. The molecule has 0 amide bonds. The van der Waals surface area contributed by atoms with Gasteiger partial charge in [-0.05, 0) is 12.8 Å². The Balaban J connectivity index is 4.96. The molecule has 0 aliphatic rings. The van der Waals surface area contributed by atoms with Gasteiger partial charge in [0.15, 0.2) is 0 Å². The highest BCUT2D eigenvalue weighted by atomic mass is 16.3. The molecule has 0 spiro atoms. The number of carbonyl (C=O) groups excluding carboxylic acids is 1. The standard InChI is InChI=1S/C11H22O5/c1-10(7-14,3-5-12)9(16)11(2,8-15)4-6-13/h12-15H,3-8H2,1-2H3. The number of ketones is 1. The van der Waals surface area contributed by atoms with Crippen LogP contribution in [0.25, 0.3) is 0 Å². The molecular formula is C11H22O5. The molecule has 0 aliphatic heterocycles. The van der Waals surface area contributed by atoms with E-state index in [9.17, 15) is 15.0 Å². The predicted octanol–water partition coefficient (Wildman–Crippen LogP) is -0.683. The average Bonchev–Trinajstić information content (AvgIpc) is 2.28. The van der Waals surface area contributed by atoms with E-state index in [0.717, 1.165) is 0 Å². The van der Waals surface area contributed by atoms with Crippen LogP contribution < -0.4 is 0 Å². The summed E-state index contributed by atoms with van der Waals surface area (Å²) in [5.74, 6) is -0.326. The first-order chi connectivity index (χ1) is 7.40. The molecule has 2 unspecified atom stereocenters. The summed E-state index contributed by atoms with van der Waals surface area (Å²) in [7, 11) is 0. The monoisotopic (exact) mass is 234 g/mol. The lowest BCUT2D eigenvalue weighted by Crippen LogP contribution is -2.45. The van der Waals surface area contributed by atoms with Gasteiger partial charge in [0, 0.05) is 13.2 Å². The number of hydrogen-bond donors (Lipinski definition) is 4. The van der Waals surface area contributed by atoms with Crippen LogP contribution in [0.2, 0.25) is 0 Å². The predicted molar refractivity (Wildman–Crippen MR) is 58.8 cm³/mol. The lowest BCUT2D eigenvalue weighted by Gasteiger charge is -2.35. The van der Waals surface area contributed by atoms with Gasteiger partial charge in [-0.15, -0.1) is 0 Å². The third-order valence-electron chi connectivity index (χ3n) is 3.12. The first-order valence-corrected chi connectivity index (χ1v) is 5.38. The van der Waals surface area contributed by atoms with E-state index >= 15 is 0 Å². The lowest BCUT2D eigenvalue weighted by molar-refractivity contribution is -0.144. The van der Waals surface area contributed by atoms with Gasteiger partial charge in [0.05, 0.1) is 24.0 Å². The molecule has 5 heteroatoms. The molecule has 0 rings (SSSR count). The molecular weight excluding hydrogens is 212 g/mol. The second-order valence-corrected chi connectivity index (χ2v) is 4.71. The second-order valence-electron chi connectivity index (χ2n) is 4.71. The Hall–Kier alpha value is -0.490. The summed E-state index contributed by atoms with van der Waals surface area (Å²) in [5.41, 5.74) is -2.14. The second kappa shape index (κ2) is 6.30. The maximum Gasteiger partial charge on any atom is 0.149 e. The Bertz CT molecular complexity index is 208. The Labute approximate surface area is 95.7 Å². The quantitative estimate of drug-likeness (QED) is 0.446. The van der Waals surface area contributed by atoms with Crippen LogP contribution in [0.5, 0.6) is 0 Å². The van der Waals surface area contributed by atoms with E-state index in [2.05, 4.69) is 0 Å². The first kappa shape index (κ1) is 15.5. The van der Waals surface area contributed by atoms with E-state index in [4.69, 9.17) is 10.2 Å². The van der Waals surface area contributed by atoms with Gasteiger partial charge < -0.3 is 20.4 Å². The Kier molecular flexibility index (Phi) is 6.10. The topological polar surface area (TPSA) is 98.0 Å². The Morgan fingerprint density at radius 3 is 1.38 bits per heavy atom. The van der Waals surface area contributed by atoms with Gasteiger partial charge in [0.25, 0.3) is 0 Å². The number of hydrogen-bond acceptors (Lipinski definition) is 5. The molecule has 5 nitrogen and oxygen atoms in total. The molecule has 0 heterocycles. The number of aliphatic hydroxyl groups excluding tert-OH is 4. The van der Waals surface area contributed by atoms with Gasteiger partial charge >= 0.3 is 0 Å². The summed E-state index contributed by atoms with van der Waals surface area (Å²) < 4.78 is 0. The molecule has 16 heavy (non-hydrogen) atoms. The van der Waals surface area contributed by atoms with E-state index in [0.29, 0.717) is 0 Å². The minimum atomic E-state index is -1.07. The smallest absolute Gasteiger partial charge is 0.149 e. The summed E-state index contributed by atoms with van der Waals surface area (Å²) in [6.45, 7) is 1.93. The molecule has 0 saturated heterocycles. The van der Waals surface area contributed by atoms with Crippen molar-refractivity contribution in [1.29, 1.82) is 0 Å². The zero-order chi connectivity index (χ0) is 12.8. The highest BCUT2D eigenvalue weighted by molar-refractivity contribution is 5.90. The summed E-state index contributed by atoms with van der Waals surface area (Å²) in [4.78, 5) is 12.2. The zero-order valence-corrected chi connectivity index (χ0v) is 9.94. The summed E-state index contributed by atoms with van der Waals surface area (Å²) in [6.07, 6.45) is 0.284. The van der Waals surface area contributed by atoms with Crippen LogP contribution in [0.3, 0.4) is 0 Å². The van der Waals surface area contributed by atoms with E-state index < -0.39 is 10.8 Å². The fraction of sp³-hybridized carbons (Fsp3) is 0.909. The van der Waals surface area contributed by atoms with Crippen LogP contribution in [0.15, 0.2) is 0 Å². The van der Waals surface area contributed by atoms with Crippen molar-refractivity contribution in [3.8, 4) is 0 Å². The molecule has 0 bridgehead atoms. The van der Waals surface area contributed by atoms with Crippen LogP contribution >= 0.6 is 0 Å². The molecule has 2 atom stereocenters. The van der Waals surface area contributed by atoms with Crippen molar-refractivity contribution in [3.05, 3.63) is 0 Å². The van der Waals surface area contributed by atoms with Crippen LogP contribution in [0.1, 0.15) is 26.7 Å². The zero-order valence-electron chi connectivity index (χ0n) is 9.94. The SMILES string of the molecule is CC(CO)(CCO)C(=O)C(C)(CO)CCO. The molecule has 0 aliphatic carbocycles. The molecule has 0 saturated carbocycles. The van der Waals surface area contributed by atoms with Crippen LogP contribution in [0, 0.1) is 10.8 Å². The van der Waals surface area contributed by atoms with Gasteiger partial charge in [-0.3, -0.25) is 4.79 Å². The van der Waals surface area contributed by atoms with Crippen molar-refractivity contribution in [3.63, 3.8) is 0 Å². The molecule has 0 aromatic rings. The van der Waals surface area contributed by atoms with Crippen LogP contribution in [-0.2, 0) is 4.79 Å². The summed E-state index contributed by atoms with van der Waals surface area (Å²) >= 11 is 0. The van der Waals surface area contributed by atoms with Gasteiger partial charge in [0.1, 0.15) is 5.78 Å². The van der Waals surface area contributed by atoms with Crippen molar-refractivity contribution in [1.82, 2.24) is 0 Å². The van der Waals surface area contributed by atoms with Crippen molar-refractivity contribution in [2.45, 2.75) is 26.7 Å². The van der Waals surface area contributed by atoms with E-state index in [1.807, 2.05) is 0 Å². The first-order valence-electron chi connectivity index (χ1n) is 5.38. The van der Waals surface area contributed by atoms with Crippen molar-refractivity contribution < 1.29 is 25.2 Å². The van der Waals surface area contributed by atoms with Crippen LogP contribution in [-0.4, -0.2) is 52.6 Å². The Morgan fingerprint density at radius 1 is 0.875 bits per heavy atom. The number of rotatable bonds is 8. The minimum Gasteiger partial charge on any atom is -0.396 e. The maximum atomic E-state index is 12.2. The highest BCUT2D eigenvalue weighted by Gasteiger charge is 2.43. The van der Waals surface area contributed by atoms with E-state index in [1.54, 1.807) is 13.8 Å². The fourth-order valence-electron chi connectivity index (χ4n) is 1.75. The third-order valence-corrected chi connectivity index (χ3v) is 3.12. The van der Waals surface area contributed by atoms with Crippen molar-refractivity contribution >= 4 is 5.78 Å². The van der Waals surface area contributed by atoms with Gasteiger partial charge in [-0.2, -0.15) is 0 Å². The highest BCUT2D eigenvalue weighted by Crippen LogP contribution is 2.34. The maximum absolute atomic E-state index is 12.2. The minimum absolute atomic E-state index is 0.142. The molecule has 0 radical (unpaired) electrons. The average molecular weight is 234 g/mol. The fourth-order valence-corrected chi connectivity index (χ4v) is 1.75. The van der Waals surface area contributed by atoms with Crippen LogP contribution in [0.4, 0.5) is 0 Å². The number of Topliss-reactive ketones (excluding diaryl/α,β-unsaturated/α-hetero) is 1. The van der Waals surface area contributed by atoms with Gasteiger partial charge in [-0.1, -0.05) is 13.8 Å². The Morgan fingerprint density at radius 2 is 1.19 bits per heavy atom. The van der Waals surface area contributed by atoms with Gasteiger partial charge in [0.2, 0.25) is 0 Å². The van der Waals surface area contributed by atoms with E-state index in [1.165, 1.54) is 0 Å². The lowest BCUT2D eigenvalue weighted by atomic mass is 9.69. The van der Waals surface area contributed by atoms with Gasteiger partial charge in [-0.25, -0.2) is 0 Å². The molecule has 96 valence electrons. The number of carbonyl (C=O) groups is 1.